The zero-order chi connectivity index (χ0) is 21.2. The van der Waals surface area contributed by atoms with Crippen LogP contribution in [-0.2, 0) is 27.3 Å². The molecule has 0 bridgehead atoms. The number of nitrogens with one attached hydrogen (secondary N) is 2. The monoisotopic (exact) mass is 546 g/mol. The van der Waals surface area contributed by atoms with Gasteiger partial charge in [-0.05, 0) is 37.8 Å². The van der Waals surface area contributed by atoms with Crippen LogP contribution in [0.4, 0.5) is 0 Å². The number of nitrogens with zero attached hydrogens (tertiary/aromatic N) is 2. The van der Waals surface area contributed by atoms with Crippen molar-refractivity contribution >= 4 is 29.9 Å². The Labute approximate surface area is 204 Å². The molecule has 2 N–H and O–H groups in total. The van der Waals surface area contributed by atoms with Gasteiger partial charge in [-0.2, -0.15) is 0 Å². The molecule has 8 heteroatoms. The van der Waals surface area contributed by atoms with Crippen molar-refractivity contribution in [2.75, 3.05) is 46.5 Å². The van der Waals surface area contributed by atoms with Gasteiger partial charge in [0, 0.05) is 53.0 Å². The van der Waals surface area contributed by atoms with Crippen molar-refractivity contribution in [1.29, 1.82) is 0 Å². The highest BCUT2D eigenvalue weighted by atomic mass is 127. The third-order valence-electron chi connectivity index (χ3n) is 5.53. The largest absolute Gasteiger partial charge is 0.379 e. The van der Waals surface area contributed by atoms with E-state index in [1.165, 1.54) is 11.1 Å². The zero-order valence-electron chi connectivity index (χ0n) is 19.1. The molecule has 2 fully saturated rings. The Balaban J connectivity index is 0.00000341. The molecule has 2 aliphatic rings. The highest BCUT2D eigenvalue weighted by molar-refractivity contribution is 14.0. The summed E-state index contributed by atoms with van der Waals surface area (Å²) in [5.41, 5.74) is 2.66. The molecule has 0 radical (unpaired) electrons. The summed E-state index contributed by atoms with van der Waals surface area (Å²) < 4.78 is 17.0. The van der Waals surface area contributed by atoms with Gasteiger partial charge in [0.25, 0.3) is 0 Å². The quantitative estimate of drug-likeness (QED) is 0.215. The van der Waals surface area contributed by atoms with Crippen molar-refractivity contribution in [3.8, 4) is 0 Å². The second kappa shape index (κ2) is 14.3. The van der Waals surface area contributed by atoms with Crippen molar-refractivity contribution in [3.63, 3.8) is 0 Å². The molecule has 2 aliphatic heterocycles. The van der Waals surface area contributed by atoms with Gasteiger partial charge >= 0.3 is 0 Å². The van der Waals surface area contributed by atoms with Gasteiger partial charge in [-0.1, -0.05) is 24.3 Å². The summed E-state index contributed by atoms with van der Waals surface area (Å²) in [5, 5.41) is 6.83. The molecule has 7 nitrogen and oxygen atoms in total. The number of guanidine groups is 1. The first kappa shape index (κ1) is 26.3. The van der Waals surface area contributed by atoms with E-state index in [0.717, 1.165) is 71.3 Å². The second-order valence-electron chi connectivity index (χ2n) is 8.28. The number of rotatable bonds is 9. The lowest BCUT2D eigenvalue weighted by Crippen LogP contribution is -2.45. The Bertz CT molecular complexity index is 660. The number of benzene rings is 1. The fourth-order valence-corrected chi connectivity index (χ4v) is 4.11. The number of ether oxygens (including phenoxy) is 3. The highest BCUT2D eigenvalue weighted by Crippen LogP contribution is 2.17. The fourth-order valence-electron chi connectivity index (χ4n) is 4.11. The number of hydrogen-bond donors (Lipinski definition) is 2. The standard InChI is InChI=1S/C23H38N4O3.HI/c1-18-14-27(15-19(2)30-18)16-21-8-5-4-7-20(21)13-26-23(24-3)25-10-6-11-29-22-9-12-28-17-22;/h4-5,7-8,18-19,22H,6,9-17H2,1-3H3,(H2,24,25,26);1H. The molecule has 3 unspecified atom stereocenters. The molecule has 1 aromatic rings. The predicted octanol–water partition coefficient (Wildman–Crippen LogP) is 2.77. The van der Waals surface area contributed by atoms with Crippen LogP contribution in [0, 0.1) is 0 Å². The molecule has 1 aromatic carbocycles. The molecule has 0 amide bonds. The lowest BCUT2D eigenvalue weighted by molar-refractivity contribution is -0.0705. The van der Waals surface area contributed by atoms with Gasteiger partial charge in [-0.3, -0.25) is 9.89 Å². The first-order chi connectivity index (χ1) is 14.6. The van der Waals surface area contributed by atoms with Crippen LogP contribution < -0.4 is 10.6 Å². The SMILES string of the molecule is CN=C(NCCCOC1CCOC1)NCc1ccccc1CN1CC(C)OC(C)C1.I. The minimum Gasteiger partial charge on any atom is -0.379 e. The van der Waals surface area contributed by atoms with E-state index in [2.05, 4.69) is 58.6 Å². The van der Waals surface area contributed by atoms with Crippen LogP contribution in [-0.4, -0.2) is 75.7 Å². The van der Waals surface area contributed by atoms with E-state index in [0.29, 0.717) is 0 Å². The van der Waals surface area contributed by atoms with E-state index in [1.54, 1.807) is 0 Å². The molecule has 0 aliphatic carbocycles. The summed E-state index contributed by atoms with van der Waals surface area (Å²) in [5.74, 6) is 0.822. The van der Waals surface area contributed by atoms with Crippen LogP contribution in [0.15, 0.2) is 29.3 Å². The third-order valence-corrected chi connectivity index (χ3v) is 5.53. The molecule has 2 saturated heterocycles. The fraction of sp³-hybridized carbons (Fsp3) is 0.696. The van der Waals surface area contributed by atoms with Gasteiger partial charge < -0.3 is 24.8 Å². The average molecular weight is 546 g/mol. The number of hydrogen-bond acceptors (Lipinski definition) is 5. The Morgan fingerprint density at radius 3 is 2.58 bits per heavy atom. The molecular formula is C23H39IN4O3. The van der Waals surface area contributed by atoms with E-state index in [9.17, 15) is 0 Å². The van der Waals surface area contributed by atoms with E-state index in [-0.39, 0.29) is 42.3 Å². The summed E-state index contributed by atoms with van der Waals surface area (Å²) in [6.07, 6.45) is 2.80. The normalized spacial score (nSPS) is 24.6. The Kier molecular flexibility index (Phi) is 12.1. The summed E-state index contributed by atoms with van der Waals surface area (Å²) in [4.78, 5) is 6.84. The van der Waals surface area contributed by atoms with Gasteiger partial charge in [0.1, 0.15) is 0 Å². The van der Waals surface area contributed by atoms with Crippen molar-refractivity contribution < 1.29 is 14.2 Å². The summed E-state index contributed by atoms with van der Waals surface area (Å²) in [7, 11) is 1.81. The van der Waals surface area contributed by atoms with Crippen LogP contribution >= 0.6 is 24.0 Å². The molecule has 3 rings (SSSR count). The van der Waals surface area contributed by atoms with Gasteiger partial charge in [-0.25, -0.2) is 0 Å². The number of aliphatic imine (C=N–C) groups is 1. The first-order valence-corrected chi connectivity index (χ1v) is 11.2. The van der Waals surface area contributed by atoms with Crippen molar-refractivity contribution in [2.45, 2.75) is 58.1 Å². The third kappa shape index (κ3) is 9.21. The maximum atomic E-state index is 5.87. The van der Waals surface area contributed by atoms with E-state index in [1.807, 2.05) is 7.05 Å². The molecule has 176 valence electrons. The molecule has 0 spiro atoms. The average Bonchev–Trinajstić information content (AvgIpc) is 3.24. The highest BCUT2D eigenvalue weighted by Gasteiger charge is 2.22. The lowest BCUT2D eigenvalue weighted by Gasteiger charge is -2.35. The van der Waals surface area contributed by atoms with Crippen molar-refractivity contribution in [2.24, 2.45) is 4.99 Å². The molecule has 3 atom stereocenters. The summed E-state index contributed by atoms with van der Waals surface area (Å²) in [6, 6.07) is 8.64. The molecule has 2 heterocycles. The lowest BCUT2D eigenvalue weighted by atomic mass is 10.1. The minimum absolute atomic E-state index is 0. The van der Waals surface area contributed by atoms with Crippen LogP contribution in [0.2, 0.25) is 0 Å². The van der Waals surface area contributed by atoms with Gasteiger partial charge in [0.05, 0.1) is 24.9 Å². The minimum atomic E-state index is 0. The van der Waals surface area contributed by atoms with Crippen LogP contribution in [0.1, 0.15) is 37.8 Å². The maximum Gasteiger partial charge on any atom is 0.191 e. The Morgan fingerprint density at radius 1 is 1.16 bits per heavy atom. The van der Waals surface area contributed by atoms with Crippen molar-refractivity contribution in [1.82, 2.24) is 15.5 Å². The van der Waals surface area contributed by atoms with Gasteiger partial charge in [-0.15, -0.1) is 24.0 Å². The van der Waals surface area contributed by atoms with E-state index >= 15 is 0 Å². The van der Waals surface area contributed by atoms with Crippen LogP contribution in [0.3, 0.4) is 0 Å². The number of morpholine rings is 1. The summed E-state index contributed by atoms with van der Waals surface area (Å²) >= 11 is 0. The number of halogens is 1. The predicted molar refractivity (Wildman–Crippen MR) is 135 cm³/mol. The van der Waals surface area contributed by atoms with Crippen molar-refractivity contribution in [3.05, 3.63) is 35.4 Å². The van der Waals surface area contributed by atoms with Gasteiger partial charge in [0.2, 0.25) is 0 Å². The van der Waals surface area contributed by atoms with Gasteiger partial charge in [0.15, 0.2) is 5.96 Å². The first-order valence-electron chi connectivity index (χ1n) is 11.2. The summed E-state index contributed by atoms with van der Waals surface area (Å²) in [6.45, 7) is 11.1. The van der Waals surface area contributed by atoms with Crippen LogP contribution in [0.5, 0.6) is 0 Å². The Morgan fingerprint density at radius 2 is 1.90 bits per heavy atom. The topological polar surface area (TPSA) is 67.4 Å². The maximum absolute atomic E-state index is 5.87. The second-order valence-corrected chi connectivity index (χ2v) is 8.28. The molecular weight excluding hydrogens is 507 g/mol. The molecule has 0 aromatic heterocycles. The van der Waals surface area contributed by atoms with E-state index < -0.39 is 0 Å². The van der Waals surface area contributed by atoms with Crippen LogP contribution in [0.25, 0.3) is 0 Å². The smallest absolute Gasteiger partial charge is 0.191 e. The van der Waals surface area contributed by atoms with E-state index in [4.69, 9.17) is 14.2 Å². The molecule has 0 saturated carbocycles. The Hall–Kier alpha value is -0.940. The zero-order valence-corrected chi connectivity index (χ0v) is 21.5. The molecule has 31 heavy (non-hydrogen) atoms.